The van der Waals surface area contributed by atoms with Gasteiger partial charge in [-0.2, -0.15) is 11.8 Å². The molecule has 7 heteroatoms. The second-order valence-electron chi connectivity index (χ2n) is 5.34. The number of rotatable bonds is 6. The van der Waals surface area contributed by atoms with Crippen LogP contribution in [-0.4, -0.2) is 30.0 Å². The number of hydrogen-bond acceptors (Lipinski definition) is 4. The van der Waals surface area contributed by atoms with E-state index in [-0.39, 0.29) is 12.3 Å². The smallest absolute Gasteiger partial charge is 0.336 e. The Kier molecular flexibility index (Phi) is 7.02. The Balaban J connectivity index is 2.28. The Hall–Kier alpha value is -1.17. The minimum absolute atomic E-state index is 0.146. The molecular formula is C17H19Cl2NO3S. The van der Waals surface area contributed by atoms with Crippen molar-refractivity contribution in [3.05, 3.63) is 45.1 Å². The van der Waals surface area contributed by atoms with Gasteiger partial charge in [0.05, 0.1) is 5.57 Å². The van der Waals surface area contributed by atoms with E-state index in [0.29, 0.717) is 33.5 Å². The molecule has 0 saturated heterocycles. The first-order valence-electron chi connectivity index (χ1n) is 7.64. The largest absolute Gasteiger partial charge is 0.461 e. The Bertz CT molecular complexity index is 676. The topological polar surface area (TPSA) is 55.4 Å². The quantitative estimate of drug-likeness (QED) is 0.587. The summed E-state index contributed by atoms with van der Waals surface area (Å²) in [7, 11) is 0. The minimum atomic E-state index is -0.435. The minimum Gasteiger partial charge on any atom is -0.461 e. The molecular weight excluding hydrogens is 369 g/mol. The highest BCUT2D eigenvalue weighted by atomic mass is 35.5. The number of amides is 1. The second-order valence-corrected chi connectivity index (χ2v) is 7.58. The average Bonchev–Trinajstić information content (AvgIpc) is 2.50. The van der Waals surface area contributed by atoms with Crippen LogP contribution in [0.25, 0.3) is 0 Å². The highest BCUT2D eigenvalue weighted by Gasteiger charge is 2.33. The molecule has 0 radical (unpaired) electrons. The van der Waals surface area contributed by atoms with Gasteiger partial charge in [-0.3, -0.25) is 4.79 Å². The lowest BCUT2D eigenvalue weighted by molar-refractivity contribution is -0.139. The molecule has 1 unspecified atom stereocenters. The van der Waals surface area contributed by atoms with Crippen molar-refractivity contribution in [2.45, 2.75) is 26.2 Å². The number of allylic oxidation sites excluding steroid dienone is 1. The molecule has 0 saturated carbocycles. The Morgan fingerprint density at radius 3 is 2.83 bits per heavy atom. The fourth-order valence-electron chi connectivity index (χ4n) is 2.64. The fourth-order valence-corrected chi connectivity index (χ4v) is 3.67. The Labute approximate surface area is 155 Å². The number of benzene rings is 1. The van der Waals surface area contributed by atoms with E-state index >= 15 is 0 Å². The summed E-state index contributed by atoms with van der Waals surface area (Å²) in [5.74, 6) is 0.711. The molecule has 1 heterocycles. The van der Waals surface area contributed by atoms with E-state index in [9.17, 15) is 9.59 Å². The maximum Gasteiger partial charge on any atom is 0.336 e. The molecule has 2 rings (SSSR count). The standard InChI is InChI=1S/C17H19Cl2NO3S/c1-3-24-7-6-23-17(22)16-10(2)20-15(21)9-13(16)12-5-4-11(18)8-14(12)19/h4-5,8,13H,3,6-7,9H2,1-2H3,(H,20,21). The van der Waals surface area contributed by atoms with Gasteiger partial charge in [0.25, 0.3) is 0 Å². The van der Waals surface area contributed by atoms with E-state index in [1.54, 1.807) is 36.9 Å². The summed E-state index contributed by atoms with van der Waals surface area (Å²) in [6.07, 6.45) is 0.146. The highest BCUT2D eigenvalue weighted by molar-refractivity contribution is 7.99. The third-order valence-corrected chi connectivity index (χ3v) is 5.12. The summed E-state index contributed by atoms with van der Waals surface area (Å²) >= 11 is 13.9. The summed E-state index contributed by atoms with van der Waals surface area (Å²) in [6, 6.07) is 5.06. The lowest BCUT2D eigenvalue weighted by Crippen LogP contribution is -2.34. The van der Waals surface area contributed by atoms with Gasteiger partial charge in [0, 0.05) is 33.8 Å². The van der Waals surface area contributed by atoms with Crippen LogP contribution in [0.1, 0.15) is 31.7 Å². The van der Waals surface area contributed by atoms with Crippen LogP contribution in [0.2, 0.25) is 10.0 Å². The van der Waals surface area contributed by atoms with Gasteiger partial charge in [0.1, 0.15) is 6.61 Å². The lowest BCUT2D eigenvalue weighted by Gasteiger charge is -2.27. The number of halogens is 2. The zero-order chi connectivity index (χ0) is 17.7. The zero-order valence-corrected chi connectivity index (χ0v) is 15.9. The maximum atomic E-state index is 12.5. The van der Waals surface area contributed by atoms with Crippen LogP contribution in [0.3, 0.4) is 0 Å². The van der Waals surface area contributed by atoms with Crippen molar-refractivity contribution >= 4 is 46.8 Å². The van der Waals surface area contributed by atoms with Gasteiger partial charge in [0.15, 0.2) is 0 Å². The highest BCUT2D eigenvalue weighted by Crippen LogP contribution is 2.38. The van der Waals surface area contributed by atoms with Crippen LogP contribution >= 0.6 is 35.0 Å². The molecule has 1 atom stereocenters. The van der Waals surface area contributed by atoms with Crippen molar-refractivity contribution < 1.29 is 14.3 Å². The summed E-state index contributed by atoms with van der Waals surface area (Å²) < 4.78 is 5.37. The van der Waals surface area contributed by atoms with E-state index in [4.69, 9.17) is 27.9 Å². The molecule has 0 fully saturated rings. The molecule has 4 nitrogen and oxygen atoms in total. The first kappa shape index (κ1) is 19.2. The van der Waals surface area contributed by atoms with Crippen molar-refractivity contribution in [3.8, 4) is 0 Å². The molecule has 1 amide bonds. The average molecular weight is 388 g/mol. The summed E-state index contributed by atoms with van der Waals surface area (Å²) in [5.41, 5.74) is 1.65. The number of ether oxygens (including phenoxy) is 1. The van der Waals surface area contributed by atoms with Crippen molar-refractivity contribution in [2.24, 2.45) is 0 Å². The van der Waals surface area contributed by atoms with Crippen molar-refractivity contribution in [3.63, 3.8) is 0 Å². The second kappa shape index (κ2) is 8.79. The molecule has 1 N–H and O–H groups in total. The molecule has 0 spiro atoms. The van der Waals surface area contributed by atoms with Crippen LogP contribution in [0, 0.1) is 0 Å². The lowest BCUT2D eigenvalue weighted by atomic mass is 9.84. The van der Waals surface area contributed by atoms with E-state index in [1.165, 1.54) is 0 Å². The zero-order valence-electron chi connectivity index (χ0n) is 13.5. The van der Waals surface area contributed by atoms with Crippen molar-refractivity contribution in [2.75, 3.05) is 18.1 Å². The summed E-state index contributed by atoms with van der Waals surface area (Å²) in [6.45, 7) is 4.09. The number of nitrogens with one attached hydrogen (secondary N) is 1. The maximum absolute atomic E-state index is 12.5. The molecule has 0 aromatic heterocycles. The van der Waals surface area contributed by atoms with Gasteiger partial charge in [-0.15, -0.1) is 0 Å². The molecule has 0 bridgehead atoms. The summed E-state index contributed by atoms with van der Waals surface area (Å²) in [5, 5.41) is 3.65. The Morgan fingerprint density at radius 2 is 2.17 bits per heavy atom. The molecule has 24 heavy (non-hydrogen) atoms. The third kappa shape index (κ3) is 4.68. The molecule has 1 aliphatic rings. The van der Waals surface area contributed by atoms with Crippen LogP contribution in [-0.2, 0) is 14.3 Å². The number of carbonyl (C=O) groups is 2. The number of hydrogen-bond donors (Lipinski definition) is 1. The predicted octanol–water partition coefficient (Wildman–Crippen LogP) is 4.17. The van der Waals surface area contributed by atoms with Gasteiger partial charge >= 0.3 is 5.97 Å². The third-order valence-electron chi connectivity index (χ3n) is 3.69. The van der Waals surface area contributed by atoms with Gasteiger partial charge in [-0.25, -0.2) is 4.79 Å². The van der Waals surface area contributed by atoms with Crippen LogP contribution in [0.5, 0.6) is 0 Å². The SMILES string of the molecule is CCSCCOC(=O)C1=C(C)NC(=O)CC1c1ccc(Cl)cc1Cl. The number of carbonyl (C=O) groups excluding carboxylic acids is 2. The molecule has 0 aliphatic carbocycles. The molecule has 130 valence electrons. The van der Waals surface area contributed by atoms with Crippen molar-refractivity contribution in [1.29, 1.82) is 0 Å². The van der Waals surface area contributed by atoms with Crippen LogP contribution < -0.4 is 5.32 Å². The van der Waals surface area contributed by atoms with Gasteiger partial charge in [0.2, 0.25) is 5.91 Å². The fraction of sp³-hybridized carbons (Fsp3) is 0.412. The first-order valence-corrected chi connectivity index (χ1v) is 9.55. The van der Waals surface area contributed by atoms with Gasteiger partial charge < -0.3 is 10.1 Å². The predicted molar refractivity (Wildman–Crippen MR) is 98.6 cm³/mol. The van der Waals surface area contributed by atoms with E-state index in [2.05, 4.69) is 5.32 Å². The normalized spacial score (nSPS) is 17.7. The molecule has 1 aliphatic heterocycles. The van der Waals surface area contributed by atoms with Crippen LogP contribution in [0.15, 0.2) is 29.5 Å². The van der Waals surface area contributed by atoms with Gasteiger partial charge in [-0.05, 0) is 30.4 Å². The molecule has 1 aromatic rings. The monoisotopic (exact) mass is 387 g/mol. The van der Waals surface area contributed by atoms with Crippen LogP contribution in [0.4, 0.5) is 0 Å². The molecule has 1 aromatic carbocycles. The Morgan fingerprint density at radius 1 is 1.42 bits per heavy atom. The van der Waals surface area contributed by atoms with E-state index in [1.807, 2.05) is 6.92 Å². The number of thioether (sulfide) groups is 1. The van der Waals surface area contributed by atoms with E-state index < -0.39 is 11.9 Å². The van der Waals surface area contributed by atoms with Gasteiger partial charge in [-0.1, -0.05) is 36.2 Å². The summed E-state index contributed by atoms with van der Waals surface area (Å²) in [4.78, 5) is 24.5. The first-order chi connectivity index (χ1) is 11.4. The number of esters is 1. The van der Waals surface area contributed by atoms with E-state index in [0.717, 1.165) is 11.5 Å². The van der Waals surface area contributed by atoms with Crippen molar-refractivity contribution in [1.82, 2.24) is 5.32 Å².